The number of ether oxygens (including phenoxy) is 2. The van der Waals surface area contributed by atoms with Crippen LogP contribution in [-0.4, -0.2) is 36.1 Å². The van der Waals surface area contributed by atoms with E-state index in [-0.39, 0.29) is 18.8 Å². The van der Waals surface area contributed by atoms with Crippen molar-refractivity contribution in [2.75, 3.05) is 13.7 Å². The molecule has 4 heteroatoms. The summed E-state index contributed by atoms with van der Waals surface area (Å²) in [5.74, 6) is 1.69. The molecule has 2 aliphatic rings. The van der Waals surface area contributed by atoms with E-state index >= 15 is 0 Å². The minimum atomic E-state index is -0.412. The average molecular weight is 334 g/mol. The summed E-state index contributed by atoms with van der Waals surface area (Å²) in [7, 11) is 1.72. The summed E-state index contributed by atoms with van der Waals surface area (Å²) in [5, 5.41) is 19.4. The third kappa shape index (κ3) is 4.29. The molecular weight excluding hydrogens is 304 g/mol. The van der Waals surface area contributed by atoms with E-state index in [1.54, 1.807) is 7.11 Å². The van der Waals surface area contributed by atoms with Crippen LogP contribution in [0.15, 0.2) is 18.2 Å². The molecule has 0 aromatic heterocycles. The molecule has 0 bridgehead atoms. The predicted octanol–water partition coefficient (Wildman–Crippen LogP) is 3.39. The molecule has 2 fully saturated rings. The fourth-order valence-electron chi connectivity index (χ4n) is 4.18. The summed E-state index contributed by atoms with van der Waals surface area (Å²) < 4.78 is 11.5. The van der Waals surface area contributed by atoms with Crippen LogP contribution in [0.3, 0.4) is 0 Å². The summed E-state index contributed by atoms with van der Waals surface area (Å²) in [4.78, 5) is 0. The van der Waals surface area contributed by atoms with Crippen LogP contribution in [0.2, 0.25) is 0 Å². The second-order valence-electron chi connectivity index (χ2n) is 7.33. The predicted molar refractivity (Wildman–Crippen MR) is 93.2 cm³/mol. The zero-order chi connectivity index (χ0) is 16.9. The lowest BCUT2D eigenvalue weighted by atomic mass is 9.84. The highest BCUT2D eigenvalue weighted by atomic mass is 16.5. The lowest BCUT2D eigenvalue weighted by Gasteiger charge is -2.33. The maximum atomic E-state index is 10.1. The summed E-state index contributed by atoms with van der Waals surface area (Å²) >= 11 is 0. The molecule has 1 aliphatic heterocycles. The van der Waals surface area contributed by atoms with Crippen molar-refractivity contribution in [3.05, 3.63) is 29.3 Å². The molecule has 0 amide bonds. The number of hydrogen-bond donors (Lipinski definition) is 2. The Hall–Kier alpha value is -1.10. The number of methoxy groups -OCH3 is 1. The smallest absolute Gasteiger partial charge is 0.122 e. The van der Waals surface area contributed by atoms with Crippen LogP contribution in [0.5, 0.6) is 5.75 Å². The number of aliphatic hydroxyl groups excluding tert-OH is 2. The summed E-state index contributed by atoms with van der Waals surface area (Å²) in [5.41, 5.74) is 2.32. The molecule has 3 unspecified atom stereocenters. The first kappa shape index (κ1) is 17.7. The van der Waals surface area contributed by atoms with Gasteiger partial charge in [-0.3, -0.25) is 0 Å². The molecule has 1 heterocycles. The molecule has 3 rings (SSSR count). The SMILES string of the molecule is COc1ccc(C2CC(O)CC(CO)O2)cc1CC1CCCCC1. The van der Waals surface area contributed by atoms with Gasteiger partial charge in [0.05, 0.1) is 32.0 Å². The van der Waals surface area contributed by atoms with Crippen LogP contribution < -0.4 is 4.74 Å². The first-order valence-corrected chi connectivity index (χ1v) is 9.30. The molecule has 1 aliphatic carbocycles. The molecule has 4 nitrogen and oxygen atoms in total. The Morgan fingerprint density at radius 1 is 1.17 bits per heavy atom. The summed E-state index contributed by atoms with van der Waals surface area (Å²) in [6, 6.07) is 6.23. The van der Waals surface area contributed by atoms with Crippen LogP contribution in [0.25, 0.3) is 0 Å². The fraction of sp³-hybridized carbons (Fsp3) is 0.700. The van der Waals surface area contributed by atoms with Gasteiger partial charge >= 0.3 is 0 Å². The molecule has 1 saturated carbocycles. The molecule has 2 N–H and O–H groups in total. The number of rotatable bonds is 5. The second kappa shape index (κ2) is 8.32. The monoisotopic (exact) mass is 334 g/mol. The Balaban J connectivity index is 1.77. The van der Waals surface area contributed by atoms with Crippen molar-refractivity contribution in [1.82, 2.24) is 0 Å². The highest BCUT2D eigenvalue weighted by Gasteiger charge is 2.29. The molecular formula is C20H30O4. The molecule has 0 spiro atoms. The fourth-order valence-corrected chi connectivity index (χ4v) is 4.18. The Kier molecular flexibility index (Phi) is 6.14. The minimum Gasteiger partial charge on any atom is -0.496 e. The average Bonchev–Trinajstić information content (AvgIpc) is 2.62. The van der Waals surface area contributed by atoms with Crippen molar-refractivity contribution in [3.63, 3.8) is 0 Å². The van der Waals surface area contributed by atoms with E-state index in [1.807, 2.05) is 12.1 Å². The number of aliphatic hydroxyl groups is 2. The van der Waals surface area contributed by atoms with Crippen molar-refractivity contribution in [2.45, 2.75) is 69.7 Å². The quantitative estimate of drug-likeness (QED) is 0.866. The zero-order valence-electron chi connectivity index (χ0n) is 14.6. The standard InChI is InChI=1S/C20H30O4/c1-23-19-8-7-15(20-12-17(22)11-18(13-21)24-20)10-16(19)9-14-5-3-2-4-6-14/h7-8,10,14,17-18,20-22H,2-6,9,11-13H2,1H3. The first-order valence-electron chi connectivity index (χ1n) is 9.30. The van der Waals surface area contributed by atoms with Gasteiger partial charge in [0.1, 0.15) is 5.75 Å². The maximum absolute atomic E-state index is 10.1. The molecule has 24 heavy (non-hydrogen) atoms. The lowest BCUT2D eigenvalue weighted by Crippen LogP contribution is -2.33. The summed E-state index contributed by atoms with van der Waals surface area (Å²) in [6.45, 7) is -0.0430. The molecule has 3 atom stereocenters. The van der Waals surface area contributed by atoms with Crippen LogP contribution in [0.1, 0.15) is 62.2 Å². The van der Waals surface area contributed by atoms with Crippen molar-refractivity contribution < 1.29 is 19.7 Å². The maximum Gasteiger partial charge on any atom is 0.122 e. The third-order valence-corrected chi connectivity index (χ3v) is 5.49. The van der Waals surface area contributed by atoms with Gasteiger partial charge in [-0.05, 0) is 35.6 Å². The highest BCUT2D eigenvalue weighted by Crippen LogP contribution is 2.36. The normalized spacial score (nSPS) is 28.7. The van der Waals surface area contributed by atoms with E-state index in [0.29, 0.717) is 12.8 Å². The molecule has 134 valence electrons. The Morgan fingerprint density at radius 2 is 1.96 bits per heavy atom. The topological polar surface area (TPSA) is 58.9 Å². The molecule has 1 aromatic carbocycles. The van der Waals surface area contributed by atoms with E-state index < -0.39 is 6.10 Å². The van der Waals surface area contributed by atoms with E-state index in [1.165, 1.54) is 37.7 Å². The first-order chi connectivity index (χ1) is 11.7. The van der Waals surface area contributed by atoms with Crippen LogP contribution in [0.4, 0.5) is 0 Å². The second-order valence-corrected chi connectivity index (χ2v) is 7.33. The van der Waals surface area contributed by atoms with E-state index in [9.17, 15) is 10.2 Å². The van der Waals surface area contributed by atoms with Gasteiger partial charge in [-0.1, -0.05) is 38.2 Å². The molecule has 1 saturated heterocycles. The van der Waals surface area contributed by atoms with Crippen molar-refractivity contribution in [2.24, 2.45) is 5.92 Å². The zero-order valence-corrected chi connectivity index (χ0v) is 14.6. The van der Waals surface area contributed by atoms with Gasteiger partial charge in [0.2, 0.25) is 0 Å². The van der Waals surface area contributed by atoms with Crippen molar-refractivity contribution in [1.29, 1.82) is 0 Å². The van der Waals surface area contributed by atoms with Gasteiger partial charge in [-0.25, -0.2) is 0 Å². The Morgan fingerprint density at radius 3 is 2.67 bits per heavy atom. The van der Waals surface area contributed by atoms with Gasteiger partial charge in [0.15, 0.2) is 0 Å². The lowest BCUT2D eigenvalue weighted by molar-refractivity contribution is -0.113. The number of benzene rings is 1. The highest BCUT2D eigenvalue weighted by molar-refractivity contribution is 5.38. The van der Waals surface area contributed by atoms with Crippen molar-refractivity contribution >= 4 is 0 Å². The van der Waals surface area contributed by atoms with Gasteiger partial charge in [-0.15, -0.1) is 0 Å². The largest absolute Gasteiger partial charge is 0.496 e. The van der Waals surface area contributed by atoms with Gasteiger partial charge < -0.3 is 19.7 Å². The van der Waals surface area contributed by atoms with Gasteiger partial charge in [-0.2, -0.15) is 0 Å². The van der Waals surface area contributed by atoms with Crippen LogP contribution in [-0.2, 0) is 11.2 Å². The minimum absolute atomic E-state index is 0.0430. The summed E-state index contributed by atoms with van der Waals surface area (Å²) in [6.07, 6.45) is 7.96. The Bertz CT molecular complexity index is 524. The van der Waals surface area contributed by atoms with Crippen LogP contribution >= 0.6 is 0 Å². The van der Waals surface area contributed by atoms with E-state index in [2.05, 4.69) is 6.07 Å². The van der Waals surface area contributed by atoms with E-state index in [4.69, 9.17) is 9.47 Å². The number of hydrogen-bond acceptors (Lipinski definition) is 4. The van der Waals surface area contributed by atoms with Crippen LogP contribution in [0, 0.1) is 5.92 Å². The third-order valence-electron chi connectivity index (χ3n) is 5.49. The van der Waals surface area contributed by atoms with Gasteiger partial charge in [0.25, 0.3) is 0 Å². The molecule has 0 radical (unpaired) electrons. The molecule has 1 aromatic rings. The van der Waals surface area contributed by atoms with Gasteiger partial charge in [0, 0.05) is 12.8 Å². The van der Waals surface area contributed by atoms with E-state index in [0.717, 1.165) is 23.7 Å². The van der Waals surface area contributed by atoms with Crippen molar-refractivity contribution in [3.8, 4) is 5.75 Å². The Labute approximate surface area is 144 Å².